The molecule has 0 aliphatic rings. The Morgan fingerprint density at radius 3 is 2.68 bits per heavy atom. The highest BCUT2D eigenvalue weighted by molar-refractivity contribution is 7.97. The monoisotopic (exact) mass is 285 g/mol. The van der Waals surface area contributed by atoms with Crippen molar-refractivity contribution in [1.29, 1.82) is 0 Å². The Bertz CT molecular complexity index is 453. The van der Waals surface area contributed by atoms with Gasteiger partial charge in [-0.3, -0.25) is 20.4 Å². The molecule has 2 N–H and O–H groups in total. The minimum absolute atomic E-state index is 0.105. The van der Waals surface area contributed by atoms with E-state index in [4.69, 9.17) is 0 Å². The minimum atomic E-state index is -0.688. The lowest BCUT2D eigenvalue weighted by atomic mass is 10.2. The molecule has 104 valence electrons. The second-order valence-corrected chi connectivity index (χ2v) is 4.73. The maximum atomic E-state index is 13.5. The summed E-state index contributed by atoms with van der Waals surface area (Å²) in [4.78, 5) is 22.5. The number of carbonyl (C=O) groups is 2. The topological polar surface area (TPSA) is 61.4 Å². The molecule has 0 aromatic heterocycles. The molecule has 0 bridgehead atoms. The number of hydrogen-bond acceptors (Lipinski definition) is 4. The van der Waals surface area contributed by atoms with Crippen LogP contribution in [-0.4, -0.2) is 29.7 Å². The first-order valence-electron chi connectivity index (χ1n) is 5.84. The maximum absolute atomic E-state index is 13.5. The summed E-state index contributed by atoms with van der Waals surface area (Å²) in [5.41, 5.74) is 3.97. The predicted octanol–water partition coefficient (Wildman–Crippen LogP) is 1.57. The van der Waals surface area contributed by atoms with Crippen molar-refractivity contribution < 1.29 is 14.0 Å². The summed E-state index contributed by atoms with van der Waals surface area (Å²) >= 11 is 1.45. The summed E-state index contributed by atoms with van der Waals surface area (Å²) in [5, 5.41) is 0. The van der Waals surface area contributed by atoms with E-state index in [9.17, 15) is 14.0 Å². The normalized spacial score (nSPS) is 10.3. The van der Waals surface area contributed by atoms with E-state index in [2.05, 4.69) is 9.73 Å². The molecule has 5 nitrogen and oxygen atoms in total. The van der Waals surface area contributed by atoms with Gasteiger partial charge in [-0.1, -0.05) is 13.8 Å². The van der Waals surface area contributed by atoms with Crippen LogP contribution in [0.3, 0.4) is 0 Å². The first-order chi connectivity index (χ1) is 9.12. The third-order valence-electron chi connectivity index (χ3n) is 2.37. The van der Waals surface area contributed by atoms with Gasteiger partial charge in [0.15, 0.2) is 0 Å². The Kier molecular flexibility index (Phi) is 6.31. The summed E-state index contributed by atoms with van der Waals surface area (Å²) in [6.45, 7) is 5.71. The molecular weight excluding hydrogens is 269 g/mol. The zero-order chi connectivity index (χ0) is 14.3. The number of hydrazine groups is 1. The van der Waals surface area contributed by atoms with E-state index in [1.165, 1.54) is 24.1 Å². The van der Waals surface area contributed by atoms with Crippen molar-refractivity contribution in [1.82, 2.24) is 15.2 Å². The van der Waals surface area contributed by atoms with Crippen molar-refractivity contribution in [2.24, 2.45) is 0 Å². The summed E-state index contributed by atoms with van der Waals surface area (Å²) in [6.07, 6.45) is 0.310. The Labute approximate surface area is 115 Å². The third-order valence-corrected chi connectivity index (χ3v) is 3.61. The van der Waals surface area contributed by atoms with Gasteiger partial charge in [-0.2, -0.15) is 0 Å². The van der Waals surface area contributed by atoms with Crippen LogP contribution in [0.5, 0.6) is 0 Å². The van der Waals surface area contributed by atoms with Gasteiger partial charge in [0.1, 0.15) is 5.82 Å². The molecule has 0 aliphatic heterocycles. The second-order valence-electron chi connectivity index (χ2n) is 3.56. The van der Waals surface area contributed by atoms with Crippen LogP contribution in [0, 0.1) is 5.82 Å². The van der Waals surface area contributed by atoms with E-state index in [0.717, 1.165) is 18.0 Å². The number of benzene rings is 1. The van der Waals surface area contributed by atoms with Gasteiger partial charge in [-0.05, 0) is 30.1 Å². The van der Waals surface area contributed by atoms with Crippen LogP contribution < -0.4 is 10.9 Å². The lowest BCUT2D eigenvalue weighted by Gasteiger charge is -2.17. The zero-order valence-corrected chi connectivity index (χ0v) is 11.6. The molecule has 0 saturated carbocycles. The number of halogens is 1. The molecule has 0 unspecified atom stereocenters. The van der Waals surface area contributed by atoms with Crippen LogP contribution in [0.25, 0.3) is 0 Å². The first-order valence-corrected chi connectivity index (χ1v) is 6.61. The van der Waals surface area contributed by atoms with Gasteiger partial charge in [0.05, 0.1) is 5.56 Å². The smallest absolute Gasteiger partial charge is 0.272 e. The van der Waals surface area contributed by atoms with Gasteiger partial charge in [0.25, 0.3) is 5.91 Å². The van der Waals surface area contributed by atoms with Crippen LogP contribution >= 0.6 is 11.9 Å². The van der Waals surface area contributed by atoms with E-state index in [-0.39, 0.29) is 5.56 Å². The number of nitrogens with one attached hydrogen (secondary N) is 2. The maximum Gasteiger partial charge on any atom is 0.272 e. The van der Waals surface area contributed by atoms with Crippen LogP contribution in [0.2, 0.25) is 0 Å². The molecule has 0 aliphatic carbocycles. The standard InChI is InChI=1S/C12H16FN3O2S/c1-3-16(4-2)19-9-5-6-11(13)10(7-9)12(18)15-14-8-17/h5-8H,3-4H2,1-2H3,(H,14,17)(H,15,18). The molecule has 1 rings (SSSR count). The highest BCUT2D eigenvalue weighted by atomic mass is 32.2. The second kappa shape index (κ2) is 7.75. The molecule has 0 fully saturated rings. The Balaban J connectivity index is 2.87. The molecule has 1 aromatic rings. The van der Waals surface area contributed by atoms with Crippen molar-refractivity contribution in [3.63, 3.8) is 0 Å². The molecule has 0 saturated heterocycles. The van der Waals surface area contributed by atoms with E-state index in [0.29, 0.717) is 6.41 Å². The Morgan fingerprint density at radius 1 is 1.42 bits per heavy atom. The van der Waals surface area contributed by atoms with E-state index >= 15 is 0 Å². The van der Waals surface area contributed by atoms with Crippen LogP contribution in [0.1, 0.15) is 24.2 Å². The molecule has 19 heavy (non-hydrogen) atoms. The van der Waals surface area contributed by atoms with Crippen LogP contribution in [0.15, 0.2) is 23.1 Å². The van der Waals surface area contributed by atoms with Crippen molar-refractivity contribution in [2.75, 3.05) is 13.1 Å². The fraction of sp³-hybridized carbons (Fsp3) is 0.333. The predicted molar refractivity (Wildman–Crippen MR) is 71.8 cm³/mol. The SMILES string of the molecule is CCN(CC)Sc1ccc(F)c(C(=O)NNC=O)c1. The Hall–Kier alpha value is -1.60. The van der Waals surface area contributed by atoms with Gasteiger partial charge in [-0.25, -0.2) is 8.70 Å². The average molecular weight is 285 g/mol. The summed E-state index contributed by atoms with van der Waals surface area (Å²) in [7, 11) is 0. The third kappa shape index (κ3) is 4.53. The first kappa shape index (κ1) is 15.5. The quantitative estimate of drug-likeness (QED) is 0.453. The molecule has 0 atom stereocenters. The summed E-state index contributed by atoms with van der Waals surface area (Å²) in [5.74, 6) is -1.32. The van der Waals surface area contributed by atoms with Gasteiger partial charge >= 0.3 is 0 Å². The van der Waals surface area contributed by atoms with Gasteiger partial charge in [0, 0.05) is 18.0 Å². The van der Waals surface area contributed by atoms with Crippen molar-refractivity contribution in [3.8, 4) is 0 Å². The largest absolute Gasteiger partial charge is 0.277 e. The summed E-state index contributed by atoms with van der Waals surface area (Å²) < 4.78 is 15.6. The highest BCUT2D eigenvalue weighted by Crippen LogP contribution is 2.24. The lowest BCUT2D eigenvalue weighted by molar-refractivity contribution is -0.110. The molecule has 0 radical (unpaired) electrons. The van der Waals surface area contributed by atoms with E-state index < -0.39 is 11.7 Å². The average Bonchev–Trinajstić information content (AvgIpc) is 2.43. The van der Waals surface area contributed by atoms with E-state index in [1.807, 2.05) is 19.3 Å². The van der Waals surface area contributed by atoms with Gasteiger partial charge < -0.3 is 0 Å². The van der Waals surface area contributed by atoms with E-state index in [1.54, 1.807) is 6.07 Å². The molecule has 1 aromatic carbocycles. The molecule has 0 heterocycles. The van der Waals surface area contributed by atoms with Crippen molar-refractivity contribution in [3.05, 3.63) is 29.6 Å². The van der Waals surface area contributed by atoms with Crippen LogP contribution in [-0.2, 0) is 4.79 Å². The highest BCUT2D eigenvalue weighted by Gasteiger charge is 2.13. The minimum Gasteiger partial charge on any atom is -0.277 e. The Morgan fingerprint density at radius 2 is 2.11 bits per heavy atom. The number of amides is 2. The molecule has 2 amide bonds. The molecule has 7 heteroatoms. The molecule has 0 spiro atoms. The van der Waals surface area contributed by atoms with Crippen molar-refractivity contribution in [2.45, 2.75) is 18.7 Å². The summed E-state index contributed by atoms with van der Waals surface area (Å²) in [6, 6.07) is 4.31. The molecular formula is C12H16FN3O2S. The fourth-order valence-electron chi connectivity index (χ4n) is 1.40. The number of hydrogen-bond donors (Lipinski definition) is 2. The van der Waals surface area contributed by atoms with Gasteiger partial charge in [0.2, 0.25) is 6.41 Å². The van der Waals surface area contributed by atoms with Crippen molar-refractivity contribution >= 4 is 24.3 Å². The zero-order valence-electron chi connectivity index (χ0n) is 10.8. The van der Waals surface area contributed by atoms with Gasteiger partial charge in [-0.15, -0.1) is 0 Å². The van der Waals surface area contributed by atoms with Crippen LogP contribution in [0.4, 0.5) is 4.39 Å². The number of rotatable bonds is 7. The fourth-order valence-corrected chi connectivity index (χ4v) is 2.26. The number of nitrogens with zero attached hydrogens (tertiary/aromatic N) is 1. The number of carbonyl (C=O) groups excluding carboxylic acids is 2. The lowest BCUT2D eigenvalue weighted by Crippen LogP contribution is -2.36.